The average molecular weight is 627 g/mol. The standard InChI is InChI=1S/C45H30N4/c1-29-19-20-33-23-24-38-39(27-40(47-44(38)43(33)46-29)36-22-21-30-11-8-9-16-34(30)25-36)35-17-10-18-37(26-35)45-48-41(31-12-4-2-5-13-31)28-42(49-45)32-14-6-3-7-15-32/h2-28H,1H3. The van der Waals surface area contributed by atoms with Gasteiger partial charge >= 0.3 is 0 Å². The lowest BCUT2D eigenvalue weighted by atomic mass is 9.95. The molecule has 0 bridgehead atoms. The van der Waals surface area contributed by atoms with E-state index in [1.807, 2.05) is 43.3 Å². The molecule has 0 N–H and O–H groups in total. The van der Waals surface area contributed by atoms with Crippen LogP contribution in [-0.4, -0.2) is 19.9 Å². The summed E-state index contributed by atoms with van der Waals surface area (Å²) in [6.07, 6.45) is 0. The van der Waals surface area contributed by atoms with Gasteiger partial charge in [-0.2, -0.15) is 0 Å². The fourth-order valence-corrected chi connectivity index (χ4v) is 6.62. The molecular weight excluding hydrogens is 597 g/mol. The minimum Gasteiger partial charge on any atom is -0.251 e. The summed E-state index contributed by atoms with van der Waals surface area (Å²) in [5.74, 6) is 0.679. The molecule has 0 unspecified atom stereocenters. The van der Waals surface area contributed by atoms with Crippen molar-refractivity contribution in [2.24, 2.45) is 0 Å². The molecule has 230 valence electrons. The number of hydrogen-bond acceptors (Lipinski definition) is 4. The molecule has 9 aromatic rings. The third-order valence-corrected chi connectivity index (χ3v) is 9.12. The zero-order valence-electron chi connectivity index (χ0n) is 26.9. The van der Waals surface area contributed by atoms with Crippen molar-refractivity contribution in [1.82, 2.24) is 19.9 Å². The minimum atomic E-state index is 0.679. The van der Waals surface area contributed by atoms with Gasteiger partial charge in [0.2, 0.25) is 0 Å². The maximum atomic E-state index is 5.29. The molecule has 9 rings (SSSR count). The molecule has 0 saturated carbocycles. The highest BCUT2D eigenvalue weighted by molar-refractivity contribution is 6.09. The largest absolute Gasteiger partial charge is 0.251 e. The smallest absolute Gasteiger partial charge is 0.160 e. The summed E-state index contributed by atoms with van der Waals surface area (Å²) in [6, 6.07) is 56.9. The van der Waals surface area contributed by atoms with Crippen LogP contribution < -0.4 is 0 Å². The van der Waals surface area contributed by atoms with E-state index in [0.29, 0.717) is 5.82 Å². The summed E-state index contributed by atoms with van der Waals surface area (Å²) >= 11 is 0. The van der Waals surface area contributed by atoms with E-state index < -0.39 is 0 Å². The molecule has 6 aromatic carbocycles. The van der Waals surface area contributed by atoms with Gasteiger partial charge in [0, 0.05) is 38.7 Å². The molecule has 0 aliphatic carbocycles. The van der Waals surface area contributed by atoms with E-state index in [-0.39, 0.29) is 0 Å². The van der Waals surface area contributed by atoms with Crippen LogP contribution >= 0.6 is 0 Å². The van der Waals surface area contributed by atoms with E-state index in [0.717, 1.165) is 78.0 Å². The van der Waals surface area contributed by atoms with Crippen molar-refractivity contribution in [1.29, 1.82) is 0 Å². The topological polar surface area (TPSA) is 51.6 Å². The fraction of sp³-hybridized carbons (Fsp3) is 0.0222. The quantitative estimate of drug-likeness (QED) is 0.178. The van der Waals surface area contributed by atoms with Crippen LogP contribution in [0, 0.1) is 6.92 Å². The van der Waals surface area contributed by atoms with Gasteiger partial charge < -0.3 is 0 Å². The monoisotopic (exact) mass is 626 g/mol. The maximum Gasteiger partial charge on any atom is 0.160 e. The number of rotatable bonds is 5. The Balaban J connectivity index is 1.26. The van der Waals surface area contributed by atoms with Crippen LogP contribution in [0.5, 0.6) is 0 Å². The van der Waals surface area contributed by atoms with Crippen LogP contribution in [-0.2, 0) is 0 Å². The molecule has 0 atom stereocenters. The zero-order chi connectivity index (χ0) is 32.7. The fourth-order valence-electron chi connectivity index (χ4n) is 6.62. The van der Waals surface area contributed by atoms with E-state index >= 15 is 0 Å². The lowest BCUT2D eigenvalue weighted by Gasteiger charge is -2.14. The first-order valence-electron chi connectivity index (χ1n) is 16.5. The number of hydrogen-bond donors (Lipinski definition) is 0. The van der Waals surface area contributed by atoms with E-state index in [1.54, 1.807) is 0 Å². The summed E-state index contributed by atoms with van der Waals surface area (Å²) in [6.45, 7) is 2.03. The first-order valence-corrected chi connectivity index (χ1v) is 16.5. The van der Waals surface area contributed by atoms with Gasteiger partial charge in [-0.15, -0.1) is 0 Å². The second-order valence-corrected chi connectivity index (χ2v) is 12.4. The van der Waals surface area contributed by atoms with Gasteiger partial charge in [-0.05, 0) is 59.2 Å². The number of pyridine rings is 2. The third kappa shape index (κ3) is 5.39. The highest BCUT2D eigenvalue weighted by Gasteiger charge is 2.16. The first-order chi connectivity index (χ1) is 24.2. The van der Waals surface area contributed by atoms with Crippen LogP contribution in [0.3, 0.4) is 0 Å². The highest BCUT2D eigenvalue weighted by atomic mass is 14.9. The Hall–Kier alpha value is -6.52. The molecule has 4 nitrogen and oxygen atoms in total. The van der Waals surface area contributed by atoms with Gasteiger partial charge in [0.1, 0.15) is 0 Å². The predicted octanol–water partition coefficient (Wildman–Crippen LogP) is 11.4. The predicted molar refractivity (Wildman–Crippen MR) is 202 cm³/mol. The Morgan fingerprint density at radius 3 is 1.71 bits per heavy atom. The molecule has 0 fully saturated rings. The van der Waals surface area contributed by atoms with Gasteiger partial charge in [-0.1, -0.05) is 133 Å². The summed E-state index contributed by atoms with van der Waals surface area (Å²) in [4.78, 5) is 20.5. The van der Waals surface area contributed by atoms with Gasteiger partial charge in [0.05, 0.1) is 28.1 Å². The second kappa shape index (κ2) is 11.9. The van der Waals surface area contributed by atoms with Crippen molar-refractivity contribution < 1.29 is 0 Å². The van der Waals surface area contributed by atoms with Crippen molar-refractivity contribution in [2.45, 2.75) is 6.92 Å². The lowest BCUT2D eigenvalue weighted by Crippen LogP contribution is -1.96. The first kappa shape index (κ1) is 28.7. The Morgan fingerprint density at radius 1 is 0.347 bits per heavy atom. The summed E-state index contributed by atoms with van der Waals surface area (Å²) in [5, 5.41) is 4.51. The van der Waals surface area contributed by atoms with Crippen molar-refractivity contribution in [3.8, 4) is 56.3 Å². The Bertz CT molecular complexity index is 2610. The van der Waals surface area contributed by atoms with E-state index in [2.05, 4.69) is 127 Å². The van der Waals surface area contributed by atoms with Crippen LogP contribution in [0.1, 0.15) is 5.69 Å². The number of fused-ring (bicyclic) bond motifs is 4. The lowest BCUT2D eigenvalue weighted by molar-refractivity contribution is 1.18. The van der Waals surface area contributed by atoms with Crippen LogP contribution in [0.4, 0.5) is 0 Å². The maximum absolute atomic E-state index is 5.29. The molecule has 0 radical (unpaired) electrons. The average Bonchev–Trinajstić information content (AvgIpc) is 3.17. The summed E-state index contributed by atoms with van der Waals surface area (Å²) < 4.78 is 0. The molecule has 0 aliphatic heterocycles. The summed E-state index contributed by atoms with van der Waals surface area (Å²) in [5.41, 5.74) is 11.7. The number of nitrogens with zero attached hydrogens (tertiary/aromatic N) is 4. The van der Waals surface area contributed by atoms with Gasteiger partial charge in [0.25, 0.3) is 0 Å². The third-order valence-electron chi connectivity index (χ3n) is 9.12. The van der Waals surface area contributed by atoms with E-state index in [1.165, 1.54) is 10.8 Å². The molecule has 3 aromatic heterocycles. The Morgan fingerprint density at radius 2 is 0.959 bits per heavy atom. The zero-order valence-corrected chi connectivity index (χ0v) is 26.9. The van der Waals surface area contributed by atoms with Crippen molar-refractivity contribution in [3.63, 3.8) is 0 Å². The van der Waals surface area contributed by atoms with E-state index in [9.17, 15) is 0 Å². The van der Waals surface area contributed by atoms with Crippen molar-refractivity contribution >= 4 is 32.6 Å². The molecule has 0 amide bonds. The number of benzene rings is 6. The van der Waals surface area contributed by atoms with Crippen LogP contribution in [0.15, 0.2) is 164 Å². The molecule has 3 heterocycles. The van der Waals surface area contributed by atoms with Crippen LogP contribution in [0.2, 0.25) is 0 Å². The van der Waals surface area contributed by atoms with Gasteiger partial charge in [0.15, 0.2) is 5.82 Å². The molecule has 0 saturated heterocycles. The Kier molecular flexibility index (Phi) is 6.98. The molecule has 49 heavy (non-hydrogen) atoms. The molecular formula is C45H30N4. The second-order valence-electron chi connectivity index (χ2n) is 12.4. The SMILES string of the molecule is Cc1ccc2ccc3c(-c4cccc(-c5nc(-c6ccccc6)cc(-c6ccccc6)n5)c4)cc(-c4ccc5ccccc5c4)nc3c2n1. The van der Waals surface area contributed by atoms with Crippen molar-refractivity contribution in [2.75, 3.05) is 0 Å². The highest BCUT2D eigenvalue weighted by Crippen LogP contribution is 2.37. The number of aromatic nitrogens is 4. The van der Waals surface area contributed by atoms with Crippen LogP contribution in [0.25, 0.3) is 88.9 Å². The van der Waals surface area contributed by atoms with Crippen molar-refractivity contribution in [3.05, 3.63) is 169 Å². The minimum absolute atomic E-state index is 0.679. The normalized spacial score (nSPS) is 11.4. The Labute approximate surface area is 284 Å². The van der Waals surface area contributed by atoms with Gasteiger partial charge in [-0.3, -0.25) is 4.98 Å². The number of aryl methyl sites for hydroxylation is 1. The van der Waals surface area contributed by atoms with E-state index in [4.69, 9.17) is 19.9 Å². The molecule has 4 heteroatoms. The molecule has 0 aliphatic rings. The summed E-state index contributed by atoms with van der Waals surface area (Å²) in [7, 11) is 0. The van der Waals surface area contributed by atoms with Gasteiger partial charge in [-0.25, -0.2) is 15.0 Å². The molecule has 0 spiro atoms.